The number of aliphatic imine (C=N–C) groups is 2. The van der Waals surface area contributed by atoms with Crippen LogP contribution < -0.4 is 22.5 Å². The second kappa shape index (κ2) is 7.89. The summed E-state index contributed by atoms with van der Waals surface area (Å²) in [6.45, 7) is 0.169. The van der Waals surface area contributed by atoms with Gasteiger partial charge in [0.05, 0.1) is 44.4 Å². The average molecular weight is 388 g/mol. The maximum absolute atomic E-state index is 12.0. The monoisotopic (exact) mass is 388 g/mol. The van der Waals surface area contributed by atoms with Crippen LogP contribution in [0.1, 0.15) is 0 Å². The average Bonchev–Trinajstić information content (AvgIpc) is 3.18. The molecular formula is C15H20N10O3. The summed E-state index contributed by atoms with van der Waals surface area (Å²) >= 11 is 0. The minimum Gasteiger partial charge on any atom is -0.394 e. The lowest BCUT2D eigenvalue weighted by atomic mass is 10.2. The number of aromatic nitrogens is 4. The zero-order chi connectivity index (χ0) is 20.3. The SMILES string of the molecule is NC1=N/C(=N\c2cnn(CCO)c2N)C(Nc2cnn(CCO)c2N)=CC1=O. The number of hydrogen-bond acceptors (Lipinski definition) is 10. The smallest absolute Gasteiger partial charge is 0.222 e. The molecule has 0 aliphatic carbocycles. The fourth-order valence-corrected chi connectivity index (χ4v) is 2.44. The number of carbonyl (C=O) groups excluding carboxylic acids is 1. The number of aliphatic hydroxyl groups excluding tert-OH is 2. The summed E-state index contributed by atoms with van der Waals surface area (Å²) < 4.78 is 2.78. The fraction of sp³-hybridized carbons (Fsp3) is 0.267. The van der Waals surface area contributed by atoms with Crippen LogP contribution in [0.3, 0.4) is 0 Å². The summed E-state index contributed by atoms with van der Waals surface area (Å²) in [6, 6.07) is 0. The number of anilines is 3. The summed E-state index contributed by atoms with van der Waals surface area (Å²) in [6.07, 6.45) is 4.09. The molecule has 2 aromatic rings. The highest BCUT2D eigenvalue weighted by molar-refractivity contribution is 6.47. The third-order valence-corrected chi connectivity index (χ3v) is 3.85. The maximum atomic E-state index is 12.0. The summed E-state index contributed by atoms with van der Waals surface area (Å²) in [5.41, 5.74) is 18.5. The van der Waals surface area contributed by atoms with Gasteiger partial charge in [0.1, 0.15) is 23.0 Å². The Labute approximate surface area is 158 Å². The van der Waals surface area contributed by atoms with Crippen LogP contribution in [0.5, 0.6) is 0 Å². The van der Waals surface area contributed by atoms with Crippen LogP contribution in [0.2, 0.25) is 0 Å². The van der Waals surface area contributed by atoms with Crippen LogP contribution in [0.4, 0.5) is 23.0 Å². The summed E-state index contributed by atoms with van der Waals surface area (Å²) in [5.74, 6) is -0.135. The number of hydrogen-bond donors (Lipinski definition) is 6. The van der Waals surface area contributed by atoms with Gasteiger partial charge < -0.3 is 32.7 Å². The molecule has 0 spiro atoms. The van der Waals surface area contributed by atoms with Crippen molar-refractivity contribution in [1.82, 2.24) is 19.6 Å². The van der Waals surface area contributed by atoms with Crippen molar-refractivity contribution in [1.29, 1.82) is 0 Å². The highest BCUT2D eigenvalue weighted by atomic mass is 16.3. The second-order valence-electron chi connectivity index (χ2n) is 5.73. The molecule has 13 heteroatoms. The number of amidine groups is 2. The summed E-state index contributed by atoms with van der Waals surface area (Å²) in [7, 11) is 0. The first-order valence-electron chi connectivity index (χ1n) is 8.25. The first-order chi connectivity index (χ1) is 13.4. The van der Waals surface area contributed by atoms with E-state index in [1.807, 2.05) is 0 Å². The van der Waals surface area contributed by atoms with Gasteiger partial charge in [-0.05, 0) is 0 Å². The maximum Gasteiger partial charge on any atom is 0.222 e. The molecule has 2 aromatic heterocycles. The van der Waals surface area contributed by atoms with Crippen LogP contribution >= 0.6 is 0 Å². The van der Waals surface area contributed by atoms with Crippen molar-refractivity contribution in [3.8, 4) is 0 Å². The van der Waals surface area contributed by atoms with E-state index in [0.717, 1.165) is 0 Å². The minimum absolute atomic E-state index is 0.0988. The van der Waals surface area contributed by atoms with Crippen LogP contribution in [0, 0.1) is 0 Å². The van der Waals surface area contributed by atoms with Gasteiger partial charge in [-0.3, -0.25) is 4.79 Å². The van der Waals surface area contributed by atoms with E-state index in [2.05, 4.69) is 25.5 Å². The van der Waals surface area contributed by atoms with Gasteiger partial charge in [-0.1, -0.05) is 0 Å². The van der Waals surface area contributed by atoms with Crippen molar-refractivity contribution in [2.45, 2.75) is 13.1 Å². The Hall–Kier alpha value is -3.71. The van der Waals surface area contributed by atoms with E-state index in [4.69, 9.17) is 27.4 Å². The molecule has 148 valence electrons. The zero-order valence-electron chi connectivity index (χ0n) is 14.8. The molecular weight excluding hydrogens is 368 g/mol. The van der Waals surface area contributed by atoms with Crippen molar-refractivity contribution in [2.24, 2.45) is 15.7 Å². The number of carbonyl (C=O) groups is 1. The van der Waals surface area contributed by atoms with E-state index in [1.165, 1.54) is 27.8 Å². The van der Waals surface area contributed by atoms with Gasteiger partial charge in [0.25, 0.3) is 0 Å². The standard InChI is InChI=1S/C15H20N10O3/c16-12-11(28)5-8(21-9-6-19-24(1-3-26)13(9)17)15(23-12)22-10-7-20-25(2-4-27)14(10)18/h5-7,21,26-27H,1-4,17-18H2,(H2,16,22,23). The largest absolute Gasteiger partial charge is 0.394 e. The molecule has 0 fully saturated rings. The number of ketones is 1. The highest BCUT2D eigenvalue weighted by Gasteiger charge is 2.21. The molecule has 0 aromatic carbocycles. The third-order valence-electron chi connectivity index (χ3n) is 3.85. The molecule has 9 N–H and O–H groups in total. The highest BCUT2D eigenvalue weighted by Crippen LogP contribution is 2.25. The topological polar surface area (TPSA) is 208 Å². The lowest BCUT2D eigenvalue weighted by Crippen LogP contribution is -2.30. The second-order valence-corrected chi connectivity index (χ2v) is 5.73. The van der Waals surface area contributed by atoms with Crippen LogP contribution in [-0.4, -0.2) is 60.4 Å². The van der Waals surface area contributed by atoms with E-state index in [0.29, 0.717) is 11.4 Å². The van der Waals surface area contributed by atoms with E-state index in [9.17, 15) is 4.79 Å². The van der Waals surface area contributed by atoms with Gasteiger partial charge in [0, 0.05) is 6.08 Å². The van der Waals surface area contributed by atoms with E-state index in [1.54, 1.807) is 0 Å². The number of rotatable bonds is 7. The molecule has 1 aliphatic rings. The summed E-state index contributed by atoms with van der Waals surface area (Å²) in [5, 5.41) is 29.1. The Kier molecular flexibility index (Phi) is 5.37. The molecule has 13 nitrogen and oxygen atoms in total. The van der Waals surface area contributed by atoms with E-state index >= 15 is 0 Å². The zero-order valence-corrected chi connectivity index (χ0v) is 14.8. The Morgan fingerprint density at radius 1 is 1.04 bits per heavy atom. The Balaban J connectivity index is 1.94. The number of nitrogen functional groups attached to an aromatic ring is 2. The van der Waals surface area contributed by atoms with Crippen molar-refractivity contribution >= 4 is 40.5 Å². The van der Waals surface area contributed by atoms with Gasteiger partial charge in [-0.15, -0.1) is 0 Å². The van der Waals surface area contributed by atoms with Crippen molar-refractivity contribution in [2.75, 3.05) is 30.0 Å². The number of dihydropyridines is 1. The van der Waals surface area contributed by atoms with E-state index in [-0.39, 0.29) is 55.3 Å². The summed E-state index contributed by atoms with van der Waals surface area (Å²) in [4.78, 5) is 20.3. The predicted molar refractivity (Wildman–Crippen MR) is 103 cm³/mol. The van der Waals surface area contributed by atoms with E-state index < -0.39 is 5.78 Å². The molecule has 0 atom stereocenters. The van der Waals surface area contributed by atoms with Crippen LogP contribution in [0.15, 0.2) is 34.2 Å². The molecule has 0 unspecified atom stereocenters. The number of aliphatic hydroxyl groups is 2. The predicted octanol–water partition coefficient (Wildman–Crippen LogP) is -1.81. The first-order valence-corrected chi connectivity index (χ1v) is 8.25. The van der Waals surface area contributed by atoms with Gasteiger partial charge >= 0.3 is 0 Å². The van der Waals surface area contributed by atoms with Crippen LogP contribution in [-0.2, 0) is 17.9 Å². The molecule has 0 amide bonds. The molecule has 1 aliphatic heterocycles. The fourth-order valence-electron chi connectivity index (χ4n) is 2.44. The number of nitrogens with two attached hydrogens (primary N) is 3. The number of nitrogens with zero attached hydrogens (tertiary/aromatic N) is 6. The van der Waals surface area contributed by atoms with Gasteiger partial charge in [0.15, 0.2) is 11.7 Å². The molecule has 0 saturated carbocycles. The van der Waals surface area contributed by atoms with Crippen molar-refractivity contribution in [3.63, 3.8) is 0 Å². The Morgan fingerprint density at radius 3 is 2.36 bits per heavy atom. The number of nitrogens with one attached hydrogen (secondary N) is 1. The molecule has 0 radical (unpaired) electrons. The van der Waals surface area contributed by atoms with Gasteiger partial charge in [0.2, 0.25) is 5.78 Å². The lowest BCUT2D eigenvalue weighted by Gasteiger charge is -2.14. The van der Waals surface area contributed by atoms with Gasteiger partial charge in [-0.2, -0.15) is 10.2 Å². The molecule has 0 bridgehead atoms. The van der Waals surface area contributed by atoms with Gasteiger partial charge in [-0.25, -0.2) is 19.3 Å². The van der Waals surface area contributed by atoms with Crippen molar-refractivity contribution < 1.29 is 15.0 Å². The first kappa shape index (κ1) is 19.1. The lowest BCUT2D eigenvalue weighted by molar-refractivity contribution is -0.109. The Bertz CT molecular complexity index is 984. The molecule has 3 rings (SSSR count). The third kappa shape index (κ3) is 3.70. The quantitative estimate of drug-likeness (QED) is 0.315. The Morgan fingerprint density at radius 2 is 1.68 bits per heavy atom. The minimum atomic E-state index is -0.494. The molecule has 28 heavy (non-hydrogen) atoms. The normalized spacial score (nSPS) is 15.6. The van der Waals surface area contributed by atoms with Crippen LogP contribution in [0.25, 0.3) is 0 Å². The molecule has 3 heterocycles. The van der Waals surface area contributed by atoms with Crippen molar-refractivity contribution in [3.05, 3.63) is 24.2 Å². The molecule has 0 saturated heterocycles.